The van der Waals surface area contributed by atoms with Gasteiger partial charge >= 0.3 is 0 Å². The quantitative estimate of drug-likeness (QED) is 0.926. The van der Waals surface area contributed by atoms with E-state index < -0.39 is 5.82 Å². The lowest BCUT2D eigenvalue weighted by atomic mass is 10.1. The SMILES string of the molecule is COc1cc(C#N)ccc1NCc1cccc(Cl)c1F. The van der Waals surface area contributed by atoms with Crippen LogP contribution in [0, 0.1) is 17.1 Å². The fourth-order valence-corrected chi connectivity index (χ4v) is 1.98. The molecule has 0 saturated carbocycles. The summed E-state index contributed by atoms with van der Waals surface area (Å²) < 4.78 is 19.0. The number of benzene rings is 2. The molecule has 0 unspecified atom stereocenters. The Bertz CT molecular complexity index is 667. The first kappa shape index (κ1) is 14.2. The third kappa shape index (κ3) is 3.01. The van der Waals surface area contributed by atoms with Crippen molar-refractivity contribution in [3.8, 4) is 11.8 Å². The van der Waals surface area contributed by atoms with Gasteiger partial charge in [-0.1, -0.05) is 23.7 Å². The summed E-state index contributed by atoms with van der Waals surface area (Å²) in [6, 6.07) is 11.9. The Hall–Kier alpha value is -2.25. The largest absolute Gasteiger partial charge is 0.495 e. The van der Waals surface area contributed by atoms with Gasteiger partial charge in [-0.15, -0.1) is 0 Å². The molecule has 2 rings (SSSR count). The summed E-state index contributed by atoms with van der Waals surface area (Å²) >= 11 is 5.73. The average Bonchev–Trinajstić information content (AvgIpc) is 2.48. The van der Waals surface area contributed by atoms with E-state index in [1.54, 1.807) is 30.3 Å². The molecule has 0 aliphatic heterocycles. The monoisotopic (exact) mass is 290 g/mol. The Morgan fingerprint density at radius 2 is 2.15 bits per heavy atom. The molecule has 20 heavy (non-hydrogen) atoms. The highest BCUT2D eigenvalue weighted by Gasteiger charge is 2.08. The van der Waals surface area contributed by atoms with Crippen LogP contribution in [0.3, 0.4) is 0 Å². The summed E-state index contributed by atoms with van der Waals surface area (Å²) in [5.41, 5.74) is 1.65. The van der Waals surface area contributed by atoms with Crippen molar-refractivity contribution in [2.75, 3.05) is 12.4 Å². The van der Waals surface area contributed by atoms with Crippen molar-refractivity contribution in [2.45, 2.75) is 6.54 Å². The van der Waals surface area contributed by atoms with E-state index in [-0.39, 0.29) is 11.6 Å². The number of hydrogen-bond donors (Lipinski definition) is 1. The number of rotatable bonds is 4. The van der Waals surface area contributed by atoms with E-state index >= 15 is 0 Å². The van der Waals surface area contributed by atoms with Gasteiger partial charge in [-0.05, 0) is 18.2 Å². The maximum absolute atomic E-state index is 13.8. The van der Waals surface area contributed by atoms with Crippen molar-refractivity contribution in [3.63, 3.8) is 0 Å². The second-order valence-electron chi connectivity index (χ2n) is 4.09. The zero-order valence-corrected chi connectivity index (χ0v) is 11.5. The third-order valence-electron chi connectivity index (χ3n) is 2.83. The Kier molecular flexibility index (Phi) is 4.44. The van der Waals surface area contributed by atoms with E-state index in [4.69, 9.17) is 21.6 Å². The number of nitrogens with zero attached hydrogens (tertiary/aromatic N) is 1. The summed E-state index contributed by atoms with van der Waals surface area (Å²) in [5.74, 6) is 0.0979. The van der Waals surface area contributed by atoms with Crippen LogP contribution >= 0.6 is 11.6 Å². The molecule has 0 amide bonds. The molecule has 1 N–H and O–H groups in total. The van der Waals surface area contributed by atoms with Crippen LogP contribution in [0.25, 0.3) is 0 Å². The topological polar surface area (TPSA) is 45.0 Å². The number of nitrogens with one attached hydrogen (secondary N) is 1. The van der Waals surface area contributed by atoms with Crippen LogP contribution in [-0.4, -0.2) is 7.11 Å². The van der Waals surface area contributed by atoms with Crippen molar-refractivity contribution in [3.05, 3.63) is 58.4 Å². The molecule has 0 atom stereocenters. The molecule has 0 spiro atoms. The summed E-state index contributed by atoms with van der Waals surface area (Å²) in [5, 5.41) is 12.0. The third-order valence-corrected chi connectivity index (χ3v) is 3.12. The first-order valence-electron chi connectivity index (χ1n) is 5.90. The van der Waals surface area contributed by atoms with Gasteiger partial charge in [0.25, 0.3) is 0 Å². The molecule has 0 aliphatic rings. The van der Waals surface area contributed by atoms with Crippen LogP contribution in [-0.2, 0) is 6.54 Å². The van der Waals surface area contributed by atoms with Gasteiger partial charge in [0, 0.05) is 18.2 Å². The van der Waals surface area contributed by atoms with E-state index in [1.807, 2.05) is 6.07 Å². The number of methoxy groups -OCH3 is 1. The van der Waals surface area contributed by atoms with E-state index in [1.165, 1.54) is 13.2 Å². The summed E-state index contributed by atoms with van der Waals surface area (Å²) in [6.45, 7) is 0.272. The van der Waals surface area contributed by atoms with Gasteiger partial charge in [0.2, 0.25) is 0 Å². The lowest BCUT2D eigenvalue weighted by molar-refractivity contribution is 0.416. The number of ether oxygens (including phenoxy) is 1. The predicted molar refractivity (Wildman–Crippen MR) is 76.4 cm³/mol. The van der Waals surface area contributed by atoms with E-state index in [9.17, 15) is 4.39 Å². The van der Waals surface area contributed by atoms with Crippen LogP contribution < -0.4 is 10.1 Å². The number of nitriles is 1. The van der Waals surface area contributed by atoms with Crippen molar-refractivity contribution in [2.24, 2.45) is 0 Å². The van der Waals surface area contributed by atoms with Crippen molar-refractivity contribution < 1.29 is 9.13 Å². The highest BCUT2D eigenvalue weighted by Crippen LogP contribution is 2.26. The number of hydrogen-bond acceptors (Lipinski definition) is 3. The minimum atomic E-state index is -0.436. The van der Waals surface area contributed by atoms with Crippen LogP contribution in [0.15, 0.2) is 36.4 Å². The van der Waals surface area contributed by atoms with Gasteiger partial charge in [-0.3, -0.25) is 0 Å². The van der Waals surface area contributed by atoms with Crippen LogP contribution in [0.4, 0.5) is 10.1 Å². The van der Waals surface area contributed by atoms with Gasteiger partial charge in [0.15, 0.2) is 0 Å². The minimum absolute atomic E-state index is 0.0936. The summed E-state index contributed by atoms with van der Waals surface area (Å²) in [6.07, 6.45) is 0. The highest BCUT2D eigenvalue weighted by molar-refractivity contribution is 6.30. The Balaban J connectivity index is 2.19. The molecule has 0 radical (unpaired) electrons. The maximum Gasteiger partial charge on any atom is 0.146 e. The standard InChI is InChI=1S/C15H12ClFN2O/c1-20-14-7-10(8-18)5-6-13(14)19-9-11-3-2-4-12(16)15(11)17/h2-7,19H,9H2,1H3. The summed E-state index contributed by atoms with van der Waals surface area (Å²) in [7, 11) is 1.52. The first-order chi connectivity index (χ1) is 9.65. The Morgan fingerprint density at radius 1 is 1.35 bits per heavy atom. The molecule has 0 fully saturated rings. The maximum atomic E-state index is 13.8. The highest BCUT2D eigenvalue weighted by atomic mass is 35.5. The Labute approximate surface area is 121 Å². The zero-order chi connectivity index (χ0) is 14.5. The molecular weight excluding hydrogens is 279 g/mol. The fraction of sp³-hybridized carbons (Fsp3) is 0.133. The van der Waals surface area contributed by atoms with Gasteiger partial charge in [0.1, 0.15) is 11.6 Å². The predicted octanol–water partition coefficient (Wildman–Crippen LogP) is 3.97. The zero-order valence-electron chi connectivity index (χ0n) is 10.8. The summed E-state index contributed by atoms with van der Waals surface area (Å²) in [4.78, 5) is 0. The molecule has 0 aliphatic carbocycles. The van der Waals surface area contributed by atoms with E-state index in [0.717, 1.165) is 0 Å². The molecule has 3 nitrogen and oxygen atoms in total. The van der Waals surface area contributed by atoms with Gasteiger partial charge in [0.05, 0.1) is 29.5 Å². The molecule has 0 saturated heterocycles. The molecule has 5 heteroatoms. The fourth-order valence-electron chi connectivity index (χ4n) is 1.78. The molecule has 2 aromatic carbocycles. The van der Waals surface area contributed by atoms with Gasteiger partial charge in [-0.25, -0.2) is 4.39 Å². The van der Waals surface area contributed by atoms with Crippen molar-refractivity contribution in [1.82, 2.24) is 0 Å². The van der Waals surface area contributed by atoms with E-state index in [2.05, 4.69) is 5.32 Å². The first-order valence-corrected chi connectivity index (χ1v) is 6.28. The van der Waals surface area contributed by atoms with E-state index in [0.29, 0.717) is 22.6 Å². The minimum Gasteiger partial charge on any atom is -0.495 e. The molecule has 2 aromatic rings. The molecule has 0 bridgehead atoms. The van der Waals surface area contributed by atoms with Crippen molar-refractivity contribution >= 4 is 17.3 Å². The molecular formula is C15H12ClFN2O. The molecule has 0 aromatic heterocycles. The van der Waals surface area contributed by atoms with Crippen LogP contribution in [0.5, 0.6) is 5.75 Å². The van der Waals surface area contributed by atoms with Crippen molar-refractivity contribution in [1.29, 1.82) is 5.26 Å². The molecule has 0 heterocycles. The Morgan fingerprint density at radius 3 is 2.85 bits per heavy atom. The number of anilines is 1. The second-order valence-corrected chi connectivity index (χ2v) is 4.50. The average molecular weight is 291 g/mol. The second kappa shape index (κ2) is 6.27. The smallest absolute Gasteiger partial charge is 0.146 e. The molecule has 102 valence electrons. The van der Waals surface area contributed by atoms with Crippen LogP contribution in [0.2, 0.25) is 5.02 Å². The van der Waals surface area contributed by atoms with Crippen LogP contribution in [0.1, 0.15) is 11.1 Å². The normalized spacial score (nSPS) is 9.90. The number of halogens is 2. The lowest BCUT2D eigenvalue weighted by Gasteiger charge is -2.12. The lowest BCUT2D eigenvalue weighted by Crippen LogP contribution is -2.03. The van der Waals surface area contributed by atoms with Gasteiger partial charge < -0.3 is 10.1 Å². The van der Waals surface area contributed by atoms with Gasteiger partial charge in [-0.2, -0.15) is 5.26 Å².